The van der Waals surface area contributed by atoms with E-state index in [9.17, 15) is 0 Å². The molecule has 0 spiro atoms. The summed E-state index contributed by atoms with van der Waals surface area (Å²) in [7, 11) is 0. The number of hydrogen-bond acceptors (Lipinski definition) is 4. The van der Waals surface area contributed by atoms with Crippen molar-refractivity contribution < 1.29 is 0 Å². The third kappa shape index (κ3) is 9.32. The van der Waals surface area contributed by atoms with Gasteiger partial charge in [0.2, 0.25) is 0 Å². The van der Waals surface area contributed by atoms with Crippen molar-refractivity contribution in [1.29, 1.82) is 0 Å². The van der Waals surface area contributed by atoms with Crippen LogP contribution in [0.2, 0.25) is 0 Å². The Balaban J connectivity index is 0.910. The zero-order chi connectivity index (χ0) is 45.5. The third-order valence-electron chi connectivity index (χ3n) is 13.3. The predicted octanol–water partition coefficient (Wildman–Crippen LogP) is 17.1. The number of benzene rings is 6. The van der Waals surface area contributed by atoms with Gasteiger partial charge in [-0.05, 0) is 162 Å². The highest BCUT2D eigenvalue weighted by atomic mass is 32.1. The van der Waals surface area contributed by atoms with E-state index < -0.39 is 0 Å². The summed E-state index contributed by atoms with van der Waals surface area (Å²) in [5, 5.41) is 18.1. The van der Waals surface area contributed by atoms with Crippen LogP contribution < -0.4 is 0 Å². The largest absolute Gasteiger partial charge is 0.135 e. The molecule has 1 aliphatic rings. The lowest BCUT2D eigenvalue weighted by atomic mass is 9.92. The Morgan fingerprint density at radius 1 is 0.235 bits per heavy atom. The van der Waals surface area contributed by atoms with E-state index in [1.54, 1.807) is 45.3 Å². The predicted molar refractivity (Wildman–Crippen MR) is 296 cm³/mol. The monoisotopic (exact) mass is 944 g/mol. The van der Waals surface area contributed by atoms with Gasteiger partial charge in [-0.3, -0.25) is 0 Å². The molecule has 0 fully saturated rings. The van der Waals surface area contributed by atoms with Gasteiger partial charge in [0.1, 0.15) is 0 Å². The summed E-state index contributed by atoms with van der Waals surface area (Å²) in [5.41, 5.74) is 9.79. The molecule has 1 aliphatic carbocycles. The fourth-order valence-corrected chi connectivity index (χ4v) is 13.0. The van der Waals surface area contributed by atoms with Crippen LogP contribution >= 0.6 is 45.3 Å². The van der Waals surface area contributed by atoms with Gasteiger partial charge in [-0.25, -0.2) is 0 Å². The smallest absolute Gasteiger partial charge is 0.0804 e. The molecule has 0 unspecified atom stereocenters. The van der Waals surface area contributed by atoms with Crippen molar-refractivity contribution >= 4 is 88.4 Å². The Morgan fingerprint density at radius 3 is 0.647 bits per heavy atom. The van der Waals surface area contributed by atoms with E-state index in [0.717, 1.165) is 117 Å². The zero-order valence-corrected chi connectivity index (χ0v) is 41.2. The molecule has 0 aliphatic heterocycles. The second kappa shape index (κ2) is 20.7. The van der Waals surface area contributed by atoms with E-state index >= 15 is 0 Å². The molecule has 0 radical (unpaired) electrons. The van der Waals surface area contributed by atoms with Crippen molar-refractivity contribution in [3.8, 4) is 47.4 Å². The fourth-order valence-electron chi connectivity index (χ4n) is 9.81. The van der Waals surface area contributed by atoms with Crippen LogP contribution in [-0.2, 0) is 25.7 Å². The lowest BCUT2D eigenvalue weighted by Gasteiger charge is -2.10. The molecular formula is C64H48S4. The molecule has 4 bridgehead atoms. The minimum Gasteiger partial charge on any atom is -0.135 e. The quantitative estimate of drug-likeness (QED) is 0.105. The van der Waals surface area contributed by atoms with Crippen LogP contribution in [-0.4, -0.2) is 0 Å². The van der Waals surface area contributed by atoms with Gasteiger partial charge in [0.15, 0.2) is 0 Å². The van der Waals surface area contributed by atoms with E-state index in [1.807, 2.05) is 0 Å². The van der Waals surface area contributed by atoms with Gasteiger partial charge in [-0.2, -0.15) is 0 Å². The van der Waals surface area contributed by atoms with Gasteiger partial charge in [0.25, 0.3) is 0 Å². The molecule has 6 aromatic carbocycles. The van der Waals surface area contributed by atoms with Crippen LogP contribution in [0.25, 0.3) is 43.1 Å². The summed E-state index contributed by atoms with van der Waals surface area (Å²) in [5.74, 6) is 29.4. The standard InChI is InChI=1S/C64H48S4/c1-2-6-18-46-38-42-66-62(46)34-30-58-53-25-13-15-27-55(53)60(56-28-16-14-26-54(56)58)32-36-64-48(40-44-68-64)20-8-4-3-7-19-47-39-43-67-63(47)35-31-59-51-23-11-9-21-49(51)57(50-22-10-12-24-52(50)59)29-33-61-45(17-5-1)37-41-65-61/h9-16,21-28,37-44H,1-8,17-20H2. The Hall–Kier alpha value is -6.60. The highest BCUT2D eigenvalue weighted by Crippen LogP contribution is 2.35. The average molecular weight is 945 g/mol. The molecule has 0 N–H and O–H groups in total. The minimum absolute atomic E-state index is 1.05. The van der Waals surface area contributed by atoms with Crippen molar-refractivity contribution in [3.63, 3.8) is 0 Å². The van der Waals surface area contributed by atoms with Crippen molar-refractivity contribution in [2.24, 2.45) is 0 Å². The number of rotatable bonds is 0. The van der Waals surface area contributed by atoms with Gasteiger partial charge in [0, 0.05) is 22.3 Å². The Morgan fingerprint density at radius 2 is 0.441 bits per heavy atom. The molecule has 0 nitrogen and oxygen atoms in total. The second-order valence-corrected chi connectivity index (χ2v) is 21.3. The second-order valence-electron chi connectivity index (χ2n) is 17.6. The number of hydrogen-bond donors (Lipinski definition) is 0. The summed E-state index contributed by atoms with van der Waals surface area (Å²) in [6.45, 7) is 0. The number of aryl methyl sites for hydroxylation is 4. The normalized spacial score (nSPS) is 13.8. The van der Waals surface area contributed by atoms with Crippen LogP contribution in [0.4, 0.5) is 0 Å². The lowest BCUT2D eigenvalue weighted by molar-refractivity contribution is 0.641. The van der Waals surface area contributed by atoms with E-state index in [0.29, 0.717) is 0 Å². The number of thiophene rings is 4. The molecule has 328 valence electrons. The van der Waals surface area contributed by atoms with Crippen LogP contribution in [0.15, 0.2) is 143 Å². The molecule has 0 atom stereocenters. The van der Waals surface area contributed by atoms with Gasteiger partial charge in [0.05, 0.1) is 19.5 Å². The molecule has 4 heterocycles. The van der Waals surface area contributed by atoms with Gasteiger partial charge < -0.3 is 0 Å². The first-order valence-corrected chi connectivity index (χ1v) is 27.5. The summed E-state index contributed by atoms with van der Waals surface area (Å²) in [6.07, 6.45) is 13.6. The first-order chi connectivity index (χ1) is 33.8. The zero-order valence-electron chi connectivity index (χ0n) is 38.0. The van der Waals surface area contributed by atoms with E-state index in [-0.39, 0.29) is 0 Å². The van der Waals surface area contributed by atoms with Gasteiger partial charge >= 0.3 is 0 Å². The molecule has 68 heavy (non-hydrogen) atoms. The summed E-state index contributed by atoms with van der Waals surface area (Å²) in [6, 6.07) is 43.9. The Labute approximate surface area is 416 Å². The molecule has 10 aromatic rings. The number of fused-ring (bicyclic) bond motifs is 10. The van der Waals surface area contributed by atoms with Crippen LogP contribution in [0.5, 0.6) is 0 Å². The molecule has 0 saturated carbocycles. The van der Waals surface area contributed by atoms with Crippen molar-refractivity contribution in [3.05, 3.63) is 207 Å². The summed E-state index contributed by atoms with van der Waals surface area (Å²) in [4.78, 5) is 4.71. The van der Waals surface area contributed by atoms with Crippen LogP contribution in [0, 0.1) is 47.4 Å². The van der Waals surface area contributed by atoms with E-state index in [4.69, 9.17) is 0 Å². The molecule has 0 amide bonds. The Bertz CT molecular complexity index is 3130. The minimum atomic E-state index is 1.05. The maximum atomic E-state index is 3.70. The fraction of sp³-hybridized carbons (Fsp3) is 0.188. The summed E-state index contributed by atoms with van der Waals surface area (Å²) < 4.78 is 0. The third-order valence-corrected chi connectivity index (χ3v) is 16.8. The van der Waals surface area contributed by atoms with Crippen molar-refractivity contribution in [1.82, 2.24) is 0 Å². The maximum absolute atomic E-state index is 3.70. The Kier molecular flexibility index (Phi) is 13.4. The van der Waals surface area contributed by atoms with Gasteiger partial charge in [-0.15, -0.1) is 45.3 Å². The first-order valence-electron chi connectivity index (χ1n) is 24.0. The van der Waals surface area contributed by atoms with Crippen LogP contribution in [0.1, 0.15) is 115 Å². The molecule has 0 saturated heterocycles. The average Bonchev–Trinajstić information content (AvgIpc) is 4.22. The van der Waals surface area contributed by atoms with Gasteiger partial charge in [-0.1, -0.05) is 170 Å². The SMILES string of the molecule is C1#Cc2c3ccccc3c(c3ccccc23)C#Cc2sccc2CCCCCCc2ccsc2C#Cc2c3ccccc3c(c3ccccc23)C#Cc2sccc2CCCCCCc2ccsc21. The highest BCUT2D eigenvalue weighted by Gasteiger charge is 2.15. The first kappa shape index (κ1) is 43.9. The maximum Gasteiger partial charge on any atom is 0.0804 e. The lowest BCUT2D eigenvalue weighted by Crippen LogP contribution is -1.92. The van der Waals surface area contributed by atoms with Crippen LogP contribution in [0.3, 0.4) is 0 Å². The molecule has 4 aromatic heterocycles. The highest BCUT2D eigenvalue weighted by molar-refractivity contribution is 7.11. The van der Waals surface area contributed by atoms with Crippen molar-refractivity contribution in [2.45, 2.75) is 77.0 Å². The van der Waals surface area contributed by atoms with Crippen molar-refractivity contribution in [2.75, 3.05) is 0 Å². The summed E-state index contributed by atoms with van der Waals surface area (Å²) >= 11 is 7.05. The molecule has 4 heteroatoms. The van der Waals surface area contributed by atoms with E-state index in [1.165, 1.54) is 67.4 Å². The van der Waals surface area contributed by atoms with E-state index in [2.05, 4.69) is 190 Å². The topological polar surface area (TPSA) is 0 Å². The molecular weight excluding hydrogens is 897 g/mol. The molecule has 11 rings (SSSR count).